The van der Waals surface area contributed by atoms with Crippen LogP contribution in [-0.4, -0.2) is 29.1 Å². The van der Waals surface area contributed by atoms with Crippen LogP contribution < -0.4 is 9.46 Å². The summed E-state index contributed by atoms with van der Waals surface area (Å²) in [5.41, 5.74) is 6.81. The van der Waals surface area contributed by atoms with Gasteiger partial charge in [0.1, 0.15) is 18.2 Å². The van der Waals surface area contributed by atoms with E-state index in [1.165, 1.54) is 22.3 Å². The summed E-state index contributed by atoms with van der Waals surface area (Å²) in [5, 5.41) is 0. The van der Waals surface area contributed by atoms with Crippen LogP contribution in [0.25, 0.3) is 11.1 Å². The van der Waals surface area contributed by atoms with Crippen LogP contribution in [0.3, 0.4) is 0 Å². The van der Waals surface area contributed by atoms with E-state index in [1.54, 1.807) is 12.4 Å². The molecule has 0 aliphatic rings. The molecule has 4 rings (SSSR count). The maximum atomic E-state index is 11.2. The molecule has 1 aromatic heterocycles. The molecule has 7 nitrogen and oxygen atoms in total. The minimum absolute atomic E-state index is 0.0188. The molecule has 0 spiro atoms. The predicted octanol–water partition coefficient (Wildman–Crippen LogP) is 4.81. The molecule has 182 valence electrons. The highest BCUT2D eigenvalue weighted by atomic mass is 32.2. The van der Waals surface area contributed by atoms with E-state index in [0.29, 0.717) is 18.2 Å². The van der Waals surface area contributed by atoms with Gasteiger partial charge in [0, 0.05) is 26.0 Å². The number of imidazole rings is 1. The van der Waals surface area contributed by atoms with Crippen molar-refractivity contribution in [1.82, 2.24) is 14.3 Å². The number of hydrogen-bond donors (Lipinski definition) is 2. The van der Waals surface area contributed by atoms with Gasteiger partial charge in [0.25, 0.3) is 0 Å². The molecule has 2 N–H and O–H groups in total. The van der Waals surface area contributed by atoms with E-state index in [1.807, 2.05) is 48.0 Å². The van der Waals surface area contributed by atoms with Gasteiger partial charge in [-0.1, -0.05) is 48.5 Å². The summed E-state index contributed by atoms with van der Waals surface area (Å²) in [6.45, 7) is 4.65. The van der Waals surface area contributed by atoms with Crippen LogP contribution in [0, 0.1) is 13.8 Å². The Bertz CT molecular complexity index is 1390. The lowest BCUT2D eigenvalue weighted by atomic mass is 9.95. The lowest BCUT2D eigenvalue weighted by Crippen LogP contribution is -2.29. The number of nitrogens with one attached hydrogen (secondary N) is 1. The van der Waals surface area contributed by atoms with E-state index in [4.69, 9.17) is 9.29 Å². The van der Waals surface area contributed by atoms with E-state index >= 15 is 0 Å². The van der Waals surface area contributed by atoms with Crippen molar-refractivity contribution in [3.05, 3.63) is 107 Å². The number of aromatic nitrogens is 2. The highest BCUT2D eigenvalue weighted by Gasteiger charge is 2.20. The van der Waals surface area contributed by atoms with Crippen molar-refractivity contribution in [2.24, 2.45) is 7.05 Å². The number of hydrogen-bond acceptors (Lipinski definition) is 4. The molecule has 0 radical (unpaired) electrons. The Balaban J connectivity index is 1.49. The van der Waals surface area contributed by atoms with E-state index < -0.39 is 10.3 Å². The van der Waals surface area contributed by atoms with Crippen molar-refractivity contribution in [1.29, 1.82) is 0 Å². The molecule has 0 aliphatic carbocycles. The Labute approximate surface area is 206 Å². The van der Waals surface area contributed by atoms with E-state index in [9.17, 15) is 8.42 Å². The SMILES string of the molecule is Cc1cccc(C)c1-c1cccc(COc2ccc(C(CNS(=O)(=O)O)c3nccn3C)cc2)c1. The van der Waals surface area contributed by atoms with Crippen LogP contribution in [0.1, 0.15) is 34.0 Å². The van der Waals surface area contributed by atoms with E-state index in [-0.39, 0.29) is 12.5 Å². The maximum Gasteiger partial charge on any atom is 0.333 e. The third kappa shape index (κ3) is 6.16. The van der Waals surface area contributed by atoms with Gasteiger partial charge in [-0.2, -0.15) is 13.1 Å². The Hall–Kier alpha value is -3.46. The lowest BCUT2D eigenvalue weighted by molar-refractivity contribution is 0.306. The average molecular weight is 492 g/mol. The van der Waals surface area contributed by atoms with Gasteiger partial charge in [-0.05, 0) is 65.4 Å². The molecular weight excluding hydrogens is 462 g/mol. The molecule has 35 heavy (non-hydrogen) atoms. The minimum atomic E-state index is -4.32. The molecular formula is C27H29N3O4S. The van der Waals surface area contributed by atoms with Crippen molar-refractivity contribution in [3.63, 3.8) is 0 Å². The first-order valence-electron chi connectivity index (χ1n) is 11.3. The molecule has 0 saturated heterocycles. The van der Waals surface area contributed by atoms with E-state index in [2.05, 4.69) is 53.9 Å². The van der Waals surface area contributed by atoms with Gasteiger partial charge in [-0.25, -0.2) is 4.98 Å². The van der Waals surface area contributed by atoms with Gasteiger partial charge >= 0.3 is 10.3 Å². The topological polar surface area (TPSA) is 93.4 Å². The zero-order valence-electron chi connectivity index (χ0n) is 20.0. The van der Waals surface area contributed by atoms with Gasteiger partial charge in [0.2, 0.25) is 0 Å². The van der Waals surface area contributed by atoms with Crippen LogP contribution in [-0.2, 0) is 24.0 Å². The predicted molar refractivity (Wildman–Crippen MR) is 137 cm³/mol. The number of benzene rings is 3. The second kappa shape index (κ2) is 10.4. The van der Waals surface area contributed by atoms with Gasteiger partial charge < -0.3 is 9.30 Å². The monoisotopic (exact) mass is 491 g/mol. The number of rotatable bonds is 9. The second-order valence-corrected chi connectivity index (χ2v) is 9.84. The van der Waals surface area contributed by atoms with E-state index in [0.717, 1.165) is 11.1 Å². The highest BCUT2D eigenvalue weighted by Crippen LogP contribution is 2.29. The minimum Gasteiger partial charge on any atom is -0.489 e. The Morgan fingerprint density at radius 1 is 1.03 bits per heavy atom. The summed E-state index contributed by atoms with van der Waals surface area (Å²) in [6, 6.07) is 22.2. The molecule has 3 aromatic carbocycles. The van der Waals surface area contributed by atoms with Crippen molar-refractivity contribution in [3.8, 4) is 16.9 Å². The smallest absolute Gasteiger partial charge is 0.333 e. The molecule has 1 unspecified atom stereocenters. The summed E-state index contributed by atoms with van der Waals surface area (Å²) in [7, 11) is -2.48. The summed E-state index contributed by atoms with van der Waals surface area (Å²) >= 11 is 0. The van der Waals surface area contributed by atoms with Crippen LogP contribution in [0.2, 0.25) is 0 Å². The van der Waals surface area contributed by atoms with Crippen molar-refractivity contribution in [2.75, 3.05) is 6.54 Å². The molecule has 0 saturated carbocycles. The summed E-state index contributed by atoms with van der Waals surface area (Å²) in [6.07, 6.45) is 3.44. The molecule has 4 aromatic rings. The maximum absolute atomic E-state index is 11.2. The molecule has 0 bridgehead atoms. The van der Waals surface area contributed by atoms with Gasteiger partial charge in [-0.3, -0.25) is 4.55 Å². The zero-order chi connectivity index (χ0) is 25.0. The summed E-state index contributed by atoms with van der Waals surface area (Å²) in [4.78, 5) is 4.35. The lowest BCUT2D eigenvalue weighted by Gasteiger charge is -2.18. The molecule has 8 heteroatoms. The first-order valence-corrected chi connectivity index (χ1v) is 12.7. The normalized spacial score (nSPS) is 12.5. The Morgan fingerprint density at radius 2 is 1.71 bits per heavy atom. The third-order valence-corrected chi connectivity index (χ3v) is 6.56. The molecule has 0 aliphatic heterocycles. The van der Waals surface area contributed by atoms with Gasteiger partial charge in [0.15, 0.2) is 0 Å². The zero-order valence-corrected chi connectivity index (χ0v) is 20.8. The standard InChI is InChI=1S/C27H29N3O4S/c1-19-6-4-7-20(2)26(19)23-9-5-8-21(16-23)18-34-24-12-10-22(11-13-24)25(17-29-35(31,32)33)27-28-14-15-30(27)3/h4-16,25,29H,17-18H2,1-3H3,(H,31,32,33). The number of aryl methyl sites for hydroxylation is 3. The fraction of sp³-hybridized carbons (Fsp3) is 0.222. The fourth-order valence-electron chi connectivity index (χ4n) is 4.31. The van der Waals surface area contributed by atoms with Crippen LogP contribution in [0.15, 0.2) is 79.1 Å². The molecule has 0 amide bonds. The molecule has 1 atom stereocenters. The summed E-state index contributed by atoms with van der Waals surface area (Å²) in [5.74, 6) is 1.01. The van der Waals surface area contributed by atoms with Crippen LogP contribution in [0.4, 0.5) is 0 Å². The van der Waals surface area contributed by atoms with Crippen molar-refractivity contribution < 1.29 is 17.7 Å². The van der Waals surface area contributed by atoms with Crippen molar-refractivity contribution in [2.45, 2.75) is 26.4 Å². The van der Waals surface area contributed by atoms with Crippen molar-refractivity contribution >= 4 is 10.3 Å². The highest BCUT2D eigenvalue weighted by molar-refractivity contribution is 7.83. The quantitative estimate of drug-likeness (QED) is 0.328. The first-order chi connectivity index (χ1) is 16.7. The summed E-state index contributed by atoms with van der Waals surface area (Å²) < 4.78 is 41.7. The Morgan fingerprint density at radius 3 is 2.34 bits per heavy atom. The fourth-order valence-corrected chi connectivity index (χ4v) is 4.69. The third-order valence-electron chi connectivity index (χ3n) is 6.02. The average Bonchev–Trinajstić information content (AvgIpc) is 3.24. The first kappa shape index (κ1) is 24.7. The second-order valence-electron chi connectivity index (χ2n) is 8.60. The Kier molecular flexibility index (Phi) is 7.35. The molecule has 1 heterocycles. The molecule has 0 fully saturated rings. The van der Waals surface area contributed by atoms with Gasteiger partial charge in [-0.15, -0.1) is 0 Å². The number of nitrogens with zero attached hydrogens (tertiary/aromatic N) is 2. The van der Waals surface area contributed by atoms with Gasteiger partial charge in [0.05, 0.1) is 5.92 Å². The van der Waals surface area contributed by atoms with Crippen LogP contribution >= 0.6 is 0 Å². The number of ether oxygens (including phenoxy) is 1. The largest absolute Gasteiger partial charge is 0.489 e. The van der Waals surface area contributed by atoms with Crippen LogP contribution in [0.5, 0.6) is 5.75 Å².